The Kier molecular flexibility index (Phi) is 5.18. The van der Waals surface area contributed by atoms with Crippen LogP contribution in [0.1, 0.15) is 42.8 Å². The molecule has 0 aliphatic carbocycles. The Bertz CT molecular complexity index is 938. The predicted molar refractivity (Wildman–Crippen MR) is 102 cm³/mol. The van der Waals surface area contributed by atoms with E-state index >= 15 is 0 Å². The second-order valence-corrected chi connectivity index (χ2v) is 7.23. The molecule has 0 spiro atoms. The van der Waals surface area contributed by atoms with Gasteiger partial charge in [-0.3, -0.25) is 4.79 Å². The van der Waals surface area contributed by atoms with E-state index in [1.54, 1.807) is 0 Å². The van der Waals surface area contributed by atoms with Crippen molar-refractivity contribution in [2.45, 2.75) is 45.6 Å². The molecule has 1 amide bonds. The molecular weight excluding hydrogens is 356 g/mol. The number of rotatable bonds is 5. The average Bonchev–Trinajstić information content (AvgIpc) is 3.39. The van der Waals surface area contributed by atoms with Crippen molar-refractivity contribution in [3.63, 3.8) is 0 Å². The predicted octanol–water partition coefficient (Wildman–Crippen LogP) is 2.61. The van der Waals surface area contributed by atoms with E-state index in [9.17, 15) is 4.79 Å². The van der Waals surface area contributed by atoms with E-state index < -0.39 is 0 Å². The van der Waals surface area contributed by atoms with Crippen molar-refractivity contribution in [1.29, 1.82) is 0 Å². The van der Waals surface area contributed by atoms with E-state index in [0.29, 0.717) is 30.3 Å². The molecule has 0 N–H and O–H groups in total. The fourth-order valence-electron chi connectivity index (χ4n) is 3.43. The minimum atomic E-state index is 0.180. The van der Waals surface area contributed by atoms with Crippen LogP contribution in [0.4, 0.5) is 0 Å². The minimum Gasteiger partial charge on any atom is -0.342 e. The molecule has 1 aliphatic rings. The number of likely N-dealkylation sites (tertiary alicyclic amines) is 1. The zero-order valence-corrected chi connectivity index (χ0v) is 16.2. The van der Waals surface area contributed by atoms with Crippen molar-refractivity contribution in [3.05, 3.63) is 47.4 Å². The molecule has 8 heteroatoms. The third-order valence-electron chi connectivity index (χ3n) is 5.18. The number of carbonyl (C=O) groups excluding carboxylic acids is 1. The third kappa shape index (κ3) is 3.95. The monoisotopic (exact) mass is 380 g/mol. The van der Waals surface area contributed by atoms with E-state index in [1.165, 1.54) is 5.56 Å². The topological polar surface area (TPSA) is 89.9 Å². The number of piperidine rings is 1. The lowest BCUT2D eigenvalue weighted by Crippen LogP contribution is -2.40. The van der Waals surface area contributed by atoms with Crippen molar-refractivity contribution in [2.75, 3.05) is 13.1 Å². The highest BCUT2D eigenvalue weighted by molar-refractivity contribution is 5.78. The summed E-state index contributed by atoms with van der Waals surface area (Å²) in [4.78, 5) is 18.8. The summed E-state index contributed by atoms with van der Waals surface area (Å²) in [7, 11) is 0. The zero-order valence-electron chi connectivity index (χ0n) is 16.2. The van der Waals surface area contributed by atoms with Crippen molar-refractivity contribution in [3.8, 4) is 11.6 Å². The Balaban J connectivity index is 1.34. The summed E-state index contributed by atoms with van der Waals surface area (Å²) < 4.78 is 7.08. The minimum absolute atomic E-state index is 0.180. The summed E-state index contributed by atoms with van der Waals surface area (Å²) in [6.07, 6.45) is 4.72. The smallest absolute Gasteiger partial charge is 0.280 e. The lowest BCUT2D eigenvalue weighted by Gasteiger charge is -2.32. The number of hydrogen-bond donors (Lipinski definition) is 0. The van der Waals surface area contributed by atoms with Crippen LogP contribution in [0.5, 0.6) is 0 Å². The molecular formula is C20H24N6O2. The molecule has 1 aromatic carbocycles. The second-order valence-electron chi connectivity index (χ2n) is 7.23. The molecule has 1 fully saturated rings. The van der Waals surface area contributed by atoms with Crippen LogP contribution < -0.4 is 0 Å². The van der Waals surface area contributed by atoms with E-state index in [2.05, 4.69) is 20.5 Å². The van der Waals surface area contributed by atoms with Gasteiger partial charge in [-0.15, -0.1) is 5.10 Å². The fraction of sp³-hybridized carbons (Fsp3) is 0.450. The number of hydrogen-bond acceptors (Lipinski definition) is 6. The van der Waals surface area contributed by atoms with Crippen LogP contribution in [-0.4, -0.2) is 49.0 Å². The first-order valence-electron chi connectivity index (χ1n) is 9.70. The number of aromatic nitrogens is 5. The first-order valence-corrected chi connectivity index (χ1v) is 9.70. The molecule has 2 aromatic heterocycles. The standard InChI is InChI=1S/C20H24N6O2/c1-3-18-21-20(28-23-18)17-13-26(24-22-17)16-8-10-25(11-9-16)19(27)12-15-6-4-14(2)5-7-15/h4-7,13,16H,3,8-12H2,1-2H3. The van der Waals surface area contributed by atoms with Gasteiger partial charge in [0.15, 0.2) is 11.5 Å². The molecule has 3 heterocycles. The van der Waals surface area contributed by atoms with Gasteiger partial charge in [-0.2, -0.15) is 4.98 Å². The Morgan fingerprint density at radius 3 is 2.64 bits per heavy atom. The van der Waals surface area contributed by atoms with Crippen molar-refractivity contribution >= 4 is 5.91 Å². The van der Waals surface area contributed by atoms with E-state index in [0.717, 1.165) is 31.5 Å². The molecule has 0 atom stereocenters. The highest BCUT2D eigenvalue weighted by Gasteiger charge is 2.25. The van der Waals surface area contributed by atoms with Gasteiger partial charge in [0.05, 0.1) is 18.7 Å². The van der Waals surface area contributed by atoms with Gasteiger partial charge in [0.25, 0.3) is 5.89 Å². The molecule has 0 radical (unpaired) electrons. The lowest BCUT2D eigenvalue weighted by atomic mass is 10.0. The molecule has 28 heavy (non-hydrogen) atoms. The summed E-state index contributed by atoms with van der Waals surface area (Å²) in [6.45, 7) is 5.47. The number of carbonyl (C=O) groups is 1. The van der Waals surface area contributed by atoms with Gasteiger partial charge in [-0.25, -0.2) is 4.68 Å². The van der Waals surface area contributed by atoms with Crippen LogP contribution in [0.3, 0.4) is 0 Å². The molecule has 8 nitrogen and oxygen atoms in total. The van der Waals surface area contributed by atoms with Crippen LogP contribution in [0.2, 0.25) is 0 Å². The third-order valence-corrected chi connectivity index (χ3v) is 5.18. The number of aryl methyl sites for hydroxylation is 2. The Labute approximate surface area is 163 Å². The van der Waals surface area contributed by atoms with Gasteiger partial charge in [-0.05, 0) is 25.3 Å². The number of benzene rings is 1. The summed E-state index contributed by atoms with van der Waals surface area (Å²) in [5.74, 6) is 1.23. The molecule has 0 unspecified atom stereocenters. The zero-order chi connectivity index (χ0) is 19.5. The molecule has 0 saturated carbocycles. The SMILES string of the molecule is CCc1noc(-c2cn(C3CCN(C(=O)Cc4ccc(C)cc4)CC3)nn2)n1. The quantitative estimate of drug-likeness (QED) is 0.676. The summed E-state index contributed by atoms with van der Waals surface area (Å²) in [5, 5.41) is 12.3. The van der Waals surface area contributed by atoms with Crippen LogP contribution in [0, 0.1) is 6.92 Å². The van der Waals surface area contributed by atoms with Crippen LogP contribution in [0.15, 0.2) is 35.0 Å². The Morgan fingerprint density at radius 2 is 1.96 bits per heavy atom. The normalized spacial score (nSPS) is 15.1. The van der Waals surface area contributed by atoms with Gasteiger partial charge >= 0.3 is 0 Å². The molecule has 0 bridgehead atoms. The van der Waals surface area contributed by atoms with E-state index in [4.69, 9.17) is 4.52 Å². The van der Waals surface area contributed by atoms with Gasteiger partial charge in [-0.1, -0.05) is 47.1 Å². The first-order chi connectivity index (χ1) is 13.6. The van der Waals surface area contributed by atoms with Crippen molar-refractivity contribution in [1.82, 2.24) is 30.0 Å². The maximum absolute atomic E-state index is 12.6. The summed E-state index contributed by atoms with van der Waals surface area (Å²) in [5.41, 5.74) is 2.85. The molecule has 146 valence electrons. The fourth-order valence-corrected chi connectivity index (χ4v) is 3.43. The summed E-state index contributed by atoms with van der Waals surface area (Å²) >= 11 is 0. The molecule has 3 aromatic rings. The number of nitrogens with zero attached hydrogens (tertiary/aromatic N) is 6. The van der Waals surface area contributed by atoms with Gasteiger partial charge in [0.2, 0.25) is 5.91 Å². The second kappa shape index (κ2) is 7.92. The largest absolute Gasteiger partial charge is 0.342 e. The van der Waals surface area contributed by atoms with E-state index in [-0.39, 0.29) is 11.9 Å². The molecule has 4 rings (SSSR count). The van der Waals surface area contributed by atoms with Gasteiger partial charge in [0.1, 0.15) is 0 Å². The highest BCUT2D eigenvalue weighted by atomic mass is 16.5. The maximum atomic E-state index is 12.6. The van der Waals surface area contributed by atoms with Crippen molar-refractivity contribution in [2.24, 2.45) is 0 Å². The maximum Gasteiger partial charge on any atom is 0.280 e. The molecule has 1 aliphatic heterocycles. The summed E-state index contributed by atoms with van der Waals surface area (Å²) in [6, 6.07) is 8.36. The van der Waals surface area contributed by atoms with Crippen LogP contribution in [0.25, 0.3) is 11.6 Å². The average molecular weight is 380 g/mol. The number of amides is 1. The van der Waals surface area contributed by atoms with Crippen LogP contribution >= 0.6 is 0 Å². The van der Waals surface area contributed by atoms with Crippen LogP contribution in [-0.2, 0) is 17.6 Å². The van der Waals surface area contributed by atoms with Gasteiger partial charge in [0, 0.05) is 19.5 Å². The lowest BCUT2D eigenvalue weighted by molar-refractivity contribution is -0.131. The van der Waals surface area contributed by atoms with Crippen molar-refractivity contribution < 1.29 is 9.32 Å². The van der Waals surface area contributed by atoms with Gasteiger partial charge < -0.3 is 9.42 Å². The highest BCUT2D eigenvalue weighted by Crippen LogP contribution is 2.24. The first kappa shape index (κ1) is 18.3. The molecule has 1 saturated heterocycles. The Hall–Kier alpha value is -3.03. The van der Waals surface area contributed by atoms with E-state index in [1.807, 2.05) is 53.9 Å². The Morgan fingerprint density at radius 1 is 1.21 bits per heavy atom.